The highest BCUT2D eigenvalue weighted by molar-refractivity contribution is 6.07. The fourth-order valence-electron chi connectivity index (χ4n) is 2.39. The molecule has 20 heavy (non-hydrogen) atoms. The zero-order valence-electron chi connectivity index (χ0n) is 11.5. The van der Waals surface area contributed by atoms with Crippen molar-refractivity contribution >= 4 is 11.6 Å². The lowest BCUT2D eigenvalue weighted by Crippen LogP contribution is -2.42. The van der Waals surface area contributed by atoms with Crippen molar-refractivity contribution in [3.8, 4) is 5.75 Å². The van der Waals surface area contributed by atoms with Crippen molar-refractivity contribution in [2.24, 2.45) is 0 Å². The van der Waals surface area contributed by atoms with E-state index in [1.54, 1.807) is 29.4 Å². The van der Waals surface area contributed by atoms with E-state index in [4.69, 9.17) is 4.74 Å². The van der Waals surface area contributed by atoms with Crippen LogP contribution in [0.1, 0.15) is 22.8 Å². The van der Waals surface area contributed by atoms with Crippen LogP contribution >= 0.6 is 0 Å². The summed E-state index contributed by atoms with van der Waals surface area (Å²) in [6.07, 6.45) is 3.25. The largest absolute Gasteiger partial charge is 0.487 e. The maximum absolute atomic E-state index is 12.7. The van der Waals surface area contributed by atoms with Gasteiger partial charge in [0.2, 0.25) is 0 Å². The molecule has 0 aliphatic carbocycles. The smallest absolute Gasteiger partial charge is 0.258 e. The fraction of sp³-hybridized carbons (Fsp3) is 0.250. The first-order valence-electron chi connectivity index (χ1n) is 6.64. The quantitative estimate of drug-likeness (QED) is 0.798. The molecule has 1 amide bonds. The molecule has 1 aromatic carbocycles. The van der Waals surface area contributed by atoms with Gasteiger partial charge in [-0.2, -0.15) is 0 Å². The van der Waals surface area contributed by atoms with Crippen molar-refractivity contribution in [1.29, 1.82) is 0 Å². The van der Waals surface area contributed by atoms with E-state index in [9.17, 15) is 4.79 Å². The molecule has 2 heterocycles. The Morgan fingerprint density at radius 3 is 2.80 bits per heavy atom. The number of hydrogen-bond acceptors (Lipinski definition) is 3. The van der Waals surface area contributed by atoms with Crippen molar-refractivity contribution in [2.75, 3.05) is 11.4 Å². The number of amides is 1. The first-order chi connectivity index (χ1) is 9.65. The second-order valence-electron chi connectivity index (χ2n) is 5.05. The monoisotopic (exact) mass is 268 g/mol. The fourth-order valence-corrected chi connectivity index (χ4v) is 2.39. The van der Waals surface area contributed by atoms with Gasteiger partial charge < -0.3 is 9.64 Å². The molecule has 3 rings (SSSR count). The predicted octanol–water partition coefficient (Wildman–Crippen LogP) is 2.82. The average Bonchev–Trinajstić information content (AvgIpc) is 2.47. The molecule has 0 saturated heterocycles. The van der Waals surface area contributed by atoms with Crippen LogP contribution in [-0.2, 0) is 0 Å². The van der Waals surface area contributed by atoms with Crippen LogP contribution in [0.5, 0.6) is 5.75 Å². The molecule has 1 aromatic heterocycles. The first kappa shape index (κ1) is 12.7. The molecule has 0 unspecified atom stereocenters. The molecule has 102 valence electrons. The van der Waals surface area contributed by atoms with Crippen LogP contribution in [0.15, 0.2) is 42.7 Å². The number of nitrogens with zero attached hydrogens (tertiary/aromatic N) is 2. The predicted molar refractivity (Wildman–Crippen MR) is 77.2 cm³/mol. The van der Waals surface area contributed by atoms with E-state index in [1.165, 1.54) is 0 Å². The molecule has 0 saturated carbocycles. The van der Waals surface area contributed by atoms with Crippen LogP contribution in [0.25, 0.3) is 0 Å². The Morgan fingerprint density at radius 2 is 2.05 bits per heavy atom. The molecular formula is C16H16N2O2. The highest BCUT2D eigenvalue weighted by atomic mass is 16.5. The Bertz CT molecular complexity index is 640. The van der Waals surface area contributed by atoms with Gasteiger partial charge in [-0.3, -0.25) is 9.78 Å². The zero-order chi connectivity index (χ0) is 14.1. The summed E-state index contributed by atoms with van der Waals surface area (Å²) in [7, 11) is 0. The van der Waals surface area contributed by atoms with Gasteiger partial charge in [0.15, 0.2) is 0 Å². The summed E-state index contributed by atoms with van der Waals surface area (Å²) in [6, 6.07) is 9.37. The highest BCUT2D eigenvalue weighted by Gasteiger charge is 2.28. The number of aryl methyl sites for hydroxylation is 1. The lowest BCUT2D eigenvalue weighted by molar-refractivity contribution is 0.0961. The summed E-state index contributed by atoms with van der Waals surface area (Å²) in [5.41, 5.74) is 2.58. The third-order valence-corrected chi connectivity index (χ3v) is 3.35. The Morgan fingerprint density at radius 1 is 1.30 bits per heavy atom. The van der Waals surface area contributed by atoms with E-state index in [2.05, 4.69) is 4.98 Å². The molecule has 2 aromatic rings. The standard InChI is InChI=1S/C16H16N2O2/c1-11-3-4-15-14(9-11)18(10-12(2)20-15)16(19)13-5-7-17-8-6-13/h3-9,12H,10H2,1-2H3/t12-/m1/s1. The van der Waals surface area contributed by atoms with Crippen LogP contribution in [0, 0.1) is 6.92 Å². The van der Waals surface area contributed by atoms with Gasteiger partial charge in [0.1, 0.15) is 11.9 Å². The number of hydrogen-bond donors (Lipinski definition) is 0. The molecule has 1 aliphatic rings. The molecule has 0 radical (unpaired) electrons. The molecule has 1 atom stereocenters. The average molecular weight is 268 g/mol. The minimum atomic E-state index is -0.0191. The second-order valence-corrected chi connectivity index (χ2v) is 5.05. The number of carbonyl (C=O) groups excluding carboxylic acids is 1. The van der Waals surface area contributed by atoms with Crippen molar-refractivity contribution in [3.63, 3.8) is 0 Å². The number of aromatic nitrogens is 1. The van der Waals surface area contributed by atoms with E-state index in [-0.39, 0.29) is 12.0 Å². The van der Waals surface area contributed by atoms with Gasteiger partial charge in [0, 0.05) is 18.0 Å². The summed E-state index contributed by atoms with van der Waals surface area (Å²) in [4.78, 5) is 18.4. The second kappa shape index (κ2) is 4.96. The highest BCUT2D eigenvalue weighted by Crippen LogP contribution is 2.35. The number of ether oxygens (including phenoxy) is 1. The van der Waals surface area contributed by atoms with Crippen LogP contribution in [-0.4, -0.2) is 23.5 Å². The number of anilines is 1. The Hall–Kier alpha value is -2.36. The number of benzene rings is 1. The number of rotatable bonds is 1. The maximum Gasteiger partial charge on any atom is 0.258 e. The Labute approximate surface area is 118 Å². The van der Waals surface area contributed by atoms with Gasteiger partial charge in [-0.05, 0) is 43.7 Å². The molecule has 0 spiro atoms. The number of carbonyl (C=O) groups is 1. The van der Waals surface area contributed by atoms with Crippen LogP contribution in [0.3, 0.4) is 0 Å². The molecule has 0 fully saturated rings. The van der Waals surface area contributed by atoms with Crippen LogP contribution in [0.4, 0.5) is 5.69 Å². The molecular weight excluding hydrogens is 252 g/mol. The molecule has 0 N–H and O–H groups in total. The molecule has 4 heteroatoms. The lowest BCUT2D eigenvalue weighted by atomic mass is 10.1. The van der Waals surface area contributed by atoms with Crippen molar-refractivity contribution in [3.05, 3.63) is 53.9 Å². The molecule has 1 aliphatic heterocycles. The SMILES string of the molecule is Cc1ccc2c(c1)N(C(=O)c1ccncc1)C[C@@H](C)O2. The number of pyridine rings is 1. The number of fused-ring (bicyclic) bond motifs is 1. The van der Waals surface area contributed by atoms with Crippen LogP contribution < -0.4 is 9.64 Å². The zero-order valence-corrected chi connectivity index (χ0v) is 11.5. The summed E-state index contributed by atoms with van der Waals surface area (Å²) < 4.78 is 5.80. The minimum absolute atomic E-state index is 0.0176. The minimum Gasteiger partial charge on any atom is -0.487 e. The summed E-state index contributed by atoms with van der Waals surface area (Å²) >= 11 is 0. The van der Waals surface area contributed by atoms with Crippen molar-refractivity contribution < 1.29 is 9.53 Å². The van der Waals surface area contributed by atoms with E-state index >= 15 is 0 Å². The first-order valence-corrected chi connectivity index (χ1v) is 6.64. The van der Waals surface area contributed by atoms with Gasteiger partial charge in [-0.1, -0.05) is 6.07 Å². The summed E-state index contributed by atoms with van der Waals surface area (Å²) in [5, 5.41) is 0. The van der Waals surface area contributed by atoms with Crippen molar-refractivity contribution in [1.82, 2.24) is 4.98 Å². The summed E-state index contributed by atoms with van der Waals surface area (Å²) in [5.74, 6) is 0.742. The van der Waals surface area contributed by atoms with Gasteiger partial charge in [0.05, 0.1) is 12.2 Å². The van der Waals surface area contributed by atoms with Crippen LogP contribution in [0.2, 0.25) is 0 Å². The van der Waals surface area contributed by atoms with Gasteiger partial charge in [-0.15, -0.1) is 0 Å². The topological polar surface area (TPSA) is 42.4 Å². The van der Waals surface area contributed by atoms with E-state index in [1.807, 2.05) is 32.0 Å². The Kier molecular flexibility index (Phi) is 3.14. The third kappa shape index (κ3) is 2.25. The lowest BCUT2D eigenvalue weighted by Gasteiger charge is -2.33. The molecule has 4 nitrogen and oxygen atoms in total. The summed E-state index contributed by atoms with van der Waals surface area (Å²) in [6.45, 7) is 4.53. The Balaban J connectivity index is 2.02. The maximum atomic E-state index is 12.7. The molecule has 0 bridgehead atoms. The van der Waals surface area contributed by atoms with E-state index < -0.39 is 0 Å². The normalized spacial score (nSPS) is 17.3. The van der Waals surface area contributed by atoms with E-state index in [0.29, 0.717) is 12.1 Å². The third-order valence-electron chi connectivity index (χ3n) is 3.35. The van der Waals surface area contributed by atoms with Gasteiger partial charge >= 0.3 is 0 Å². The van der Waals surface area contributed by atoms with Crippen molar-refractivity contribution in [2.45, 2.75) is 20.0 Å². The van der Waals surface area contributed by atoms with Gasteiger partial charge in [0.25, 0.3) is 5.91 Å². The van der Waals surface area contributed by atoms with E-state index in [0.717, 1.165) is 17.0 Å². The van der Waals surface area contributed by atoms with Gasteiger partial charge in [-0.25, -0.2) is 0 Å².